The Labute approximate surface area is 170 Å². The molecule has 1 fully saturated rings. The van der Waals surface area contributed by atoms with Crippen molar-refractivity contribution in [1.82, 2.24) is 19.6 Å². The molecule has 0 radical (unpaired) electrons. The number of carbonyl (C=O) groups is 1. The summed E-state index contributed by atoms with van der Waals surface area (Å²) in [6.07, 6.45) is 3.69. The van der Waals surface area contributed by atoms with Gasteiger partial charge in [-0.15, -0.1) is 0 Å². The van der Waals surface area contributed by atoms with E-state index in [0.717, 1.165) is 48.9 Å². The molecule has 0 aliphatic carbocycles. The molecule has 1 aliphatic rings. The molecule has 6 heteroatoms. The summed E-state index contributed by atoms with van der Waals surface area (Å²) in [5.74, 6) is 0.105. The zero-order chi connectivity index (χ0) is 19.3. The molecule has 1 saturated heterocycles. The molecule has 0 unspecified atom stereocenters. The number of piperazine rings is 1. The molecule has 3 aromatic rings. The van der Waals surface area contributed by atoms with Crippen LogP contribution in [0.15, 0.2) is 67.0 Å². The van der Waals surface area contributed by atoms with Crippen LogP contribution in [0.25, 0.3) is 0 Å². The Morgan fingerprint density at radius 2 is 1.71 bits per heavy atom. The van der Waals surface area contributed by atoms with Crippen molar-refractivity contribution in [3.05, 3.63) is 88.7 Å². The summed E-state index contributed by atoms with van der Waals surface area (Å²) in [4.78, 5) is 17.3. The highest BCUT2D eigenvalue weighted by Crippen LogP contribution is 2.15. The fourth-order valence-electron chi connectivity index (χ4n) is 3.52. The number of hydrogen-bond donors (Lipinski definition) is 0. The van der Waals surface area contributed by atoms with Gasteiger partial charge in [-0.1, -0.05) is 35.9 Å². The standard InChI is InChI=1S/C22H23ClN4O/c23-21-7-5-18(6-8-21)16-25-11-13-26(14-12-25)22(28)20-4-1-3-19(15-20)17-27-10-2-9-24-27/h1-10,15H,11-14,16-17H2. The number of amides is 1. The molecule has 0 saturated carbocycles. The second-order valence-corrected chi connectivity index (χ2v) is 7.54. The Morgan fingerprint density at radius 3 is 2.43 bits per heavy atom. The van der Waals surface area contributed by atoms with E-state index in [1.54, 1.807) is 6.20 Å². The van der Waals surface area contributed by atoms with Crippen LogP contribution in [0, 0.1) is 0 Å². The van der Waals surface area contributed by atoms with Crippen molar-refractivity contribution in [2.75, 3.05) is 26.2 Å². The van der Waals surface area contributed by atoms with E-state index in [1.807, 2.05) is 58.2 Å². The summed E-state index contributed by atoms with van der Waals surface area (Å²) < 4.78 is 1.86. The molecular formula is C22H23ClN4O. The molecule has 0 spiro atoms. The quantitative estimate of drug-likeness (QED) is 0.664. The minimum Gasteiger partial charge on any atom is -0.336 e. The predicted octanol–water partition coefficient (Wildman–Crippen LogP) is 3.54. The lowest BCUT2D eigenvalue weighted by Gasteiger charge is -2.34. The van der Waals surface area contributed by atoms with Crippen LogP contribution in [0.5, 0.6) is 0 Å². The van der Waals surface area contributed by atoms with Crippen molar-refractivity contribution >= 4 is 17.5 Å². The highest BCUT2D eigenvalue weighted by Gasteiger charge is 2.22. The van der Waals surface area contributed by atoms with E-state index in [2.05, 4.69) is 22.1 Å². The smallest absolute Gasteiger partial charge is 0.253 e. The van der Waals surface area contributed by atoms with Gasteiger partial charge in [0.05, 0.1) is 6.54 Å². The maximum Gasteiger partial charge on any atom is 0.253 e. The molecule has 2 heterocycles. The van der Waals surface area contributed by atoms with Gasteiger partial charge in [-0.3, -0.25) is 14.4 Å². The minimum atomic E-state index is 0.105. The van der Waals surface area contributed by atoms with Crippen molar-refractivity contribution in [2.45, 2.75) is 13.1 Å². The maximum absolute atomic E-state index is 12.9. The highest BCUT2D eigenvalue weighted by atomic mass is 35.5. The first-order valence-corrected chi connectivity index (χ1v) is 9.87. The molecule has 28 heavy (non-hydrogen) atoms. The number of benzene rings is 2. The van der Waals surface area contributed by atoms with Crippen LogP contribution in [0.2, 0.25) is 5.02 Å². The largest absolute Gasteiger partial charge is 0.336 e. The van der Waals surface area contributed by atoms with Crippen LogP contribution in [0.4, 0.5) is 0 Å². The number of nitrogens with zero attached hydrogens (tertiary/aromatic N) is 4. The molecule has 1 aliphatic heterocycles. The summed E-state index contributed by atoms with van der Waals surface area (Å²) in [5.41, 5.74) is 3.07. The molecule has 2 aromatic carbocycles. The average molecular weight is 395 g/mol. The van der Waals surface area contributed by atoms with Crippen LogP contribution in [-0.2, 0) is 13.1 Å². The summed E-state index contributed by atoms with van der Waals surface area (Å²) in [6.45, 7) is 4.80. The zero-order valence-electron chi connectivity index (χ0n) is 15.7. The van der Waals surface area contributed by atoms with E-state index in [0.29, 0.717) is 6.54 Å². The molecule has 1 amide bonds. The van der Waals surface area contributed by atoms with Gasteiger partial charge >= 0.3 is 0 Å². The lowest BCUT2D eigenvalue weighted by molar-refractivity contribution is 0.0628. The van der Waals surface area contributed by atoms with Crippen molar-refractivity contribution in [3.63, 3.8) is 0 Å². The summed E-state index contributed by atoms with van der Waals surface area (Å²) in [6, 6.07) is 17.7. The Kier molecular flexibility index (Phi) is 5.74. The fraction of sp³-hybridized carbons (Fsp3) is 0.273. The van der Waals surface area contributed by atoms with E-state index in [4.69, 9.17) is 11.6 Å². The second-order valence-electron chi connectivity index (χ2n) is 7.10. The third-order valence-electron chi connectivity index (χ3n) is 5.06. The van der Waals surface area contributed by atoms with E-state index < -0.39 is 0 Å². The second kappa shape index (κ2) is 8.59. The molecule has 144 valence electrons. The van der Waals surface area contributed by atoms with E-state index in [9.17, 15) is 4.79 Å². The third-order valence-corrected chi connectivity index (χ3v) is 5.31. The van der Waals surface area contributed by atoms with Gasteiger partial charge in [-0.05, 0) is 41.5 Å². The van der Waals surface area contributed by atoms with Crippen LogP contribution in [0.3, 0.4) is 0 Å². The molecule has 5 nitrogen and oxygen atoms in total. The summed E-state index contributed by atoms with van der Waals surface area (Å²) in [5, 5.41) is 4.99. The molecule has 1 aromatic heterocycles. The Morgan fingerprint density at radius 1 is 0.929 bits per heavy atom. The van der Waals surface area contributed by atoms with Crippen LogP contribution < -0.4 is 0 Å². The first-order chi connectivity index (χ1) is 13.7. The van der Waals surface area contributed by atoms with Gasteiger partial charge in [0, 0.05) is 55.7 Å². The topological polar surface area (TPSA) is 41.4 Å². The number of carbonyl (C=O) groups excluding carboxylic acids is 1. The minimum absolute atomic E-state index is 0.105. The third kappa shape index (κ3) is 4.61. The zero-order valence-corrected chi connectivity index (χ0v) is 16.4. The van der Waals surface area contributed by atoms with Crippen molar-refractivity contribution < 1.29 is 4.79 Å². The van der Waals surface area contributed by atoms with Gasteiger partial charge in [0.1, 0.15) is 0 Å². The molecule has 0 atom stereocenters. The fourth-order valence-corrected chi connectivity index (χ4v) is 3.65. The summed E-state index contributed by atoms with van der Waals surface area (Å²) in [7, 11) is 0. The highest BCUT2D eigenvalue weighted by molar-refractivity contribution is 6.30. The monoisotopic (exact) mass is 394 g/mol. The first kappa shape index (κ1) is 18.7. The van der Waals surface area contributed by atoms with Crippen LogP contribution in [-0.4, -0.2) is 51.7 Å². The van der Waals surface area contributed by atoms with Crippen LogP contribution in [0.1, 0.15) is 21.5 Å². The van der Waals surface area contributed by atoms with E-state index >= 15 is 0 Å². The first-order valence-electron chi connectivity index (χ1n) is 9.50. The summed E-state index contributed by atoms with van der Waals surface area (Å²) >= 11 is 5.95. The van der Waals surface area contributed by atoms with Gasteiger partial charge in [0.25, 0.3) is 5.91 Å². The molecule has 4 rings (SSSR count). The maximum atomic E-state index is 12.9. The lowest BCUT2D eigenvalue weighted by Crippen LogP contribution is -2.48. The van der Waals surface area contributed by atoms with Crippen LogP contribution >= 0.6 is 11.6 Å². The SMILES string of the molecule is O=C(c1cccc(Cn2cccn2)c1)N1CCN(Cc2ccc(Cl)cc2)CC1. The Hall–Kier alpha value is -2.63. The van der Waals surface area contributed by atoms with Gasteiger partial charge in [-0.2, -0.15) is 5.10 Å². The number of hydrogen-bond acceptors (Lipinski definition) is 3. The normalized spacial score (nSPS) is 15.0. The van der Waals surface area contributed by atoms with Gasteiger partial charge in [0.2, 0.25) is 0 Å². The van der Waals surface area contributed by atoms with Crippen molar-refractivity contribution in [2.24, 2.45) is 0 Å². The van der Waals surface area contributed by atoms with Crippen molar-refractivity contribution in [1.29, 1.82) is 0 Å². The Balaban J connectivity index is 1.34. The number of rotatable bonds is 5. The predicted molar refractivity (Wildman–Crippen MR) is 110 cm³/mol. The molecule has 0 bridgehead atoms. The van der Waals surface area contributed by atoms with E-state index in [-0.39, 0.29) is 5.91 Å². The Bertz CT molecular complexity index is 916. The molecule has 0 N–H and O–H groups in total. The van der Waals surface area contributed by atoms with Gasteiger partial charge < -0.3 is 4.90 Å². The average Bonchev–Trinajstić information content (AvgIpc) is 3.23. The van der Waals surface area contributed by atoms with Gasteiger partial charge in [-0.25, -0.2) is 0 Å². The number of aromatic nitrogens is 2. The van der Waals surface area contributed by atoms with E-state index in [1.165, 1.54) is 5.56 Å². The van der Waals surface area contributed by atoms with Gasteiger partial charge in [0.15, 0.2) is 0 Å². The lowest BCUT2D eigenvalue weighted by atomic mass is 10.1. The van der Waals surface area contributed by atoms with Crippen molar-refractivity contribution in [3.8, 4) is 0 Å². The number of halogens is 1. The molecular weight excluding hydrogens is 372 g/mol.